The fourth-order valence-corrected chi connectivity index (χ4v) is 0.575. The van der Waals surface area contributed by atoms with Crippen molar-refractivity contribution >= 4 is 17.3 Å². The van der Waals surface area contributed by atoms with Gasteiger partial charge in [-0.05, 0) is 13.0 Å². The van der Waals surface area contributed by atoms with E-state index < -0.39 is 11.9 Å². The topological polar surface area (TPSA) is 12.4 Å². The summed E-state index contributed by atoms with van der Waals surface area (Å²) in [7, 11) is 0. The van der Waals surface area contributed by atoms with Gasteiger partial charge in [-0.3, -0.25) is 0 Å². The molecule has 0 saturated carbocycles. The first-order valence-corrected chi connectivity index (χ1v) is 3.38. The van der Waals surface area contributed by atoms with Crippen LogP contribution in [0.25, 0.3) is 0 Å². The van der Waals surface area contributed by atoms with Crippen LogP contribution in [0.3, 0.4) is 0 Å². The Morgan fingerprint density at radius 3 is 2.25 bits per heavy atom. The molecule has 0 saturated heterocycles. The highest BCUT2D eigenvalue weighted by molar-refractivity contribution is 6.30. The van der Waals surface area contributed by atoms with E-state index in [1.165, 1.54) is 13.0 Å². The van der Waals surface area contributed by atoms with Crippen LogP contribution in [0.2, 0.25) is 0 Å². The molecule has 0 aliphatic rings. The molecule has 0 aromatic rings. The molecule has 0 radical (unpaired) electrons. The standard InChI is InChI=1S/C7H7ClF3N/c1-3-4-6(7(9,10)11)12-5(2)8/h3-4H,2H2,1H3/b4-3-,12-6+. The third kappa shape index (κ3) is 4.18. The van der Waals surface area contributed by atoms with Crippen LogP contribution in [0.15, 0.2) is 28.9 Å². The molecule has 0 bridgehead atoms. The molecule has 68 valence electrons. The normalized spacial score (nSPS) is 13.9. The lowest BCUT2D eigenvalue weighted by molar-refractivity contribution is -0.0576. The van der Waals surface area contributed by atoms with Crippen LogP contribution >= 0.6 is 11.6 Å². The van der Waals surface area contributed by atoms with Gasteiger partial charge in [0.15, 0.2) is 0 Å². The Labute approximate surface area is 73.2 Å². The van der Waals surface area contributed by atoms with Gasteiger partial charge in [-0.25, -0.2) is 4.99 Å². The zero-order valence-electron chi connectivity index (χ0n) is 6.32. The van der Waals surface area contributed by atoms with Crippen LogP contribution in [0.5, 0.6) is 0 Å². The summed E-state index contributed by atoms with van der Waals surface area (Å²) < 4.78 is 36.0. The highest BCUT2D eigenvalue weighted by atomic mass is 35.5. The number of hydrogen-bond acceptors (Lipinski definition) is 1. The molecule has 5 heteroatoms. The molecular formula is C7H7ClF3N. The predicted molar refractivity (Wildman–Crippen MR) is 43.3 cm³/mol. The second-order valence-corrected chi connectivity index (χ2v) is 2.31. The third-order valence-corrected chi connectivity index (χ3v) is 0.941. The molecule has 0 aromatic carbocycles. The molecule has 0 aromatic heterocycles. The van der Waals surface area contributed by atoms with E-state index in [1.54, 1.807) is 0 Å². The van der Waals surface area contributed by atoms with Crippen LogP contribution in [0, 0.1) is 0 Å². The quantitative estimate of drug-likeness (QED) is 0.476. The number of allylic oxidation sites excluding steroid dienone is 2. The highest BCUT2D eigenvalue weighted by Crippen LogP contribution is 2.19. The minimum absolute atomic E-state index is 0.388. The van der Waals surface area contributed by atoms with Crippen LogP contribution in [-0.2, 0) is 0 Å². The summed E-state index contributed by atoms with van der Waals surface area (Å²) >= 11 is 5.10. The van der Waals surface area contributed by atoms with Crippen molar-refractivity contribution in [1.29, 1.82) is 0 Å². The van der Waals surface area contributed by atoms with Crippen molar-refractivity contribution in [1.82, 2.24) is 0 Å². The molecule has 0 aliphatic carbocycles. The van der Waals surface area contributed by atoms with Gasteiger partial charge in [0, 0.05) is 0 Å². The molecule has 0 atom stereocenters. The number of alkyl halides is 3. The van der Waals surface area contributed by atoms with E-state index in [1.807, 2.05) is 0 Å². The number of nitrogens with zero attached hydrogens (tertiary/aromatic N) is 1. The second kappa shape index (κ2) is 4.30. The molecule has 0 amide bonds. The van der Waals surface area contributed by atoms with Crippen molar-refractivity contribution in [2.24, 2.45) is 4.99 Å². The molecule has 0 fully saturated rings. The van der Waals surface area contributed by atoms with E-state index >= 15 is 0 Å². The van der Waals surface area contributed by atoms with Gasteiger partial charge in [0.05, 0.1) is 0 Å². The zero-order chi connectivity index (χ0) is 9.78. The van der Waals surface area contributed by atoms with Crippen LogP contribution in [-0.4, -0.2) is 11.9 Å². The number of aliphatic imine (C=N–C) groups is 1. The Morgan fingerprint density at radius 1 is 1.50 bits per heavy atom. The summed E-state index contributed by atoms with van der Waals surface area (Å²) in [6.07, 6.45) is -2.43. The van der Waals surface area contributed by atoms with E-state index in [4.69, 9.17) is 11.6 Å². The van der Waals surface area contributed by atoms with Gasteiger partial charge in [0.1, 0.15) is 10.9 Å². The predicted octanol–water partition coefficient (Wildman–Crippen LogP) is 3.28. The van der Waals surface area contributed by atoms with E-state index in [0.717, 1.165) is 6.08 Å². The smallest absolute Gasteiger partial charge is 0.232 e. The summed E-state index contributed by atoms with van der Waals surface area (Å²) in [5.41, 5.74) is -1.05. The van der Waals surface area contributed by atoms with Crippen molar-refractivity contribution in [2.75, 3.05) is 0 Å². The Bertz CT molecular complexity index is 227. The molecule has 0 spiro atoms. The average Bonchev–Trinajstić information content (AvgIpc) is 1.83. The lowest BCUT2D eigenvalue weighted by atomic mass is 10.3. The Balaban J connectivity index is 4.80. The molecule has 0 N–H and O–H groups in total. The van der Waals surface area contributed by atoms with Gasteiger partial charge >= 0.3 is 6.18 Å². The Morgan fingerprint density at radius 2 is 2.00 bits per heavy atom. The van der Waals surface area contributed by atoms with Gasteiger partial charge in [-0.1, -0.05) is 24.3 Å². The molecule has 0 rings (SSSR count). The maximum Gasteiger partial charge on any atom is 0.433 e. The van der Waals surface area contributed by atoms with Crippen molar-refractivity contribution in [3.05, 3.63) is 23.9 Å². The minimum atomic E-state index is -4.48. The maximum atomic E-state index is 12.0. The van der Waals surface area contributed by atoms with Crippen molar-refractivity contribution in [3.63, 3.8) is 0 Å². The summed E-state index contributed by atoms with van der Waals surface area (Å²) in [5.74, 6) is 0. The van der Waals surface area contributed by atoms with Gasteiger partial charge in [0.2, 0.25) is 0 Å². The SMILES string of the molecule is C=C(Cl)/N=C(\C=C/C)C(F)(F)F. The Hall–Kier alpha value is -0.770. The average molecular weight is 198 g/mol. The third-order valence-electron chi connectivity index (χ3n) is 0.857. The number of rotatable bonds is 2. The molecular weight excluding hydrogens is 191 g/mol. The fraction of sp³-hybridized carbons (Fsp3) is 0.286. The largest absolute Gasteiger partial charge is 0.433 e. The molecule has 0 unspecified atom stereocenters. The number of halogens is 4. The first-order chi connectivity index (χ1) is 5.38. The summed E-state index contributed by atoms with van der Waals surface area (Å²) in [5, 5.41) is -0.388. The summed E-state index contributed by atoms with van der Waals surface area (Å²) in [6, 6.07) is 0. The monoisotopic (exact) mass is 197 g/mol. The highest BCUT2D eigenvalue weighted by Gasteiger charge is 2.33. The second-order valence-electron chi connectivity index (χ2n) is 1.87. The first-order valence-electron chi connectivity index (χ1n) is 3.01. The molecule has 12 heavy (non-hydrogen) atoms. The van der Waals surface area contributed by atoms with Crippen molar-refractivity contribution in [3.8, 4) is 0 Å². The lowest BCUT2D eigenvalue weighted by Gasteiger charge is -2.04. The Kier molecular flexibility index (Phi) is 4.03. The molecule has 0 aliphatic heterocycles. The summed E-state index contributed by atoms with van der Waals surface area (Å²) in [4.78, 5) is 3.01. The van der Waals surface area contributed by atoms with Gasteiger partial charge in [-0.15, -0.1) is 0 Å². The maximum absolute atomic E-state index is 12.0. The van der Waals surface area contributed by atoms with E-state index in [9.17, 15) is 13.2 Å². The van der Waals surface area contributed by atoms with Gasteiger partial charge in [0.25, 0.3) is 0 Å². The van der Waals surface area contributed by atoms with E-state index in [0.29, 0.717) is 0 Å². The summed E-state index contributed by atoms with van der Waals surface area (Å²) in [6.45, 7) is 4.49. The molecule has 1 nitrogen and oxygen atoms in total. The zero-order valence-corrected chi connectivity index (χ0v) is 7.08. The molecule has 0 heterocycles. The minimum Gasteiger partial charge on any atom is -0.232 e. The van der Waals surface area contributed by atoms with Crippen molar-refractivity contribution < 1.29 is 13.2 Å². The van der Waals surface area contributed by atoms with Gasteiger partial charge < -0.3 is 0 Å². The number of hydrogen-bond donors (Lipinski definition) is 0. The lowest BCUT2D eigenvalue weighted by Crippen LogP contribution is -2.20. The van der Waals surface area contributed by atoms with Gasteiger partial charge in [-0.2, -0.15) is 13.2 Å². The van der Waals surface area contributed by atoms with Crippen molar-refractivity contribution in [2.45, 2.75) is 13.1 Å². The van der Waals surface area contributed by atoms with Crippen LogP contribution < -0.4 is 0 Å². The van der Waals surface area contributed by atoms with Crippen LogP contribution in [0.4, 0.5) is 13.2 Å². The first kappa shape index (κ1) is 11.2. The van der Waals surface area contributed by atoms with E-state index in [2.05, 4.69) is 11.6 Å². The van der Waals surface area contributed by atoms with Crippen LogP contribution in [0.1, 0.15) is 6.92 Å². The fourth-order valence-electron chi connectivity index (χ4n) is 0.484. The van der Waals surface area contributed by atoms with E-state index in [-0.39, 0.29) is 5.16 Å².